The number of rotatable bonds is 8. The van der Waals surface area contributed by atoms with E-state index in [0.717, 1.165) is 26.1 Å². The topological polar surface area (TPSA) is 29.5 Å². The number of unbranched alkanes of at least 4 members (excludes halogenated alkanes) is 2. The van der Waals surface area contributed by atoms with Gasteiger partial charge in [-0.25, -0.2) is 0 Å². The zero-order valence-corrected chi connectivity index (χ0v) is 8.38. The third-order valence-corrected chi connectivity index (χ3v) is 2.08. The van der Waals surface area contributed by atoms with Gasteiger partial charge in [-0.1, -0.05) is 26.7 Å². The number of aliphatic hydroxyl groups excluding tert-OH is 1. The van der Waals surface area contributed by atoms with E-state index in [0.29, 0.717) is 5.92 Å². The molecule has 0 rings (SSSR count). The lowest BCUT2D eigenvalue weighted by molar-refractivity contribution is 0.0693. The van der Waals surface area contributed by atoms with Gasteiger partial charge in [0, 0.05) is 19.1 Å². The van der Waals surface area contributed by atoms with Gasteiger partial charge in [0.25, 0.3) is 0 Å². The molecule has 0 radical (unpaired) electrons. The van der Waals surface area contributed by atoms with Gasteiger partial charge in [0.15, 0.2) is 0 Å². The molecule has 1 atom stereocenters. The van der Waals surface area contributed by atoms with Gasteiger partial charge in [0.05, 0.1) is 6.61 Å². The Morgan fingerprint density at radius 3 is 2.50 bits per heavy atom. The molecule has 0 heterocycles. The summed E-state index contributed by atoms with van der Waals surface area (Å²) in [4.78, 5) is 0. The number of aliphatic hydroxyl groups is 1. The van der Waals surface area contributed by atoms with Crippen molar-refractivity contribution in [3.63, 3.8) is 0 Å². The quantitative estimate of drug-likeness (QED) is 0.572. The summed E-state index contributed by atoms with van der Waals surface area (Å²) in [5, 5.41) is 8.85. The first-order valence-electron chi connectivity index (χ1n) is 5.03. The second-order valence-corrected chi connectivity index (χ2v) is 3.24. The molecule has 0 aromatic rings. The normalized spacial score (nSPS) is 13.2. The fourth-order valence-corrected chi connectivity index (χ4v) is 1.00. The summed E-state index contributed by atoms with van der Waals surface area (Å²) in [6.45, 7) is 6.09. The first-order valence-corrected chi connectivity index (χ1v) is 5.03. The number of hydrogen-bond acceptors (Lipinski definition) is 2. The van der Waals surface area contributed by atoms with Crippen molar-refractivity contribution in [3.05, 3.63) is 0 Å². The van der Waals surface area contributed by atoms with Gasteiger partial charge < -0.3 is 9.84 Å². The Bertz CT molecular complexity index is 79.9. The largest absolute Gasteiger partial charge is 0.396 e. The first-order chi connectivity index (χ1) is 5.85. The molecule has 12 heavy (non-hydrogen) atoms. The maximum absolute atomic E-state index is 8.85. The van der Waals surface area contributed by atoms with Crippen molar-refractivity contribution < 1.29 is 9.84 Å². The van der Waals surface area contributed by atoms with E-state index in [9.17, 15) is 0 Å². The Hall–Kier alpha value is -0.0800. The third kappa shape index (κ3) is 6.62. The van der Waals surface area contributed by atoms with Crippen LogP contribution < -0.4 is 0 Å². The summed E-state index contributed by atoms with van der Waals surface area (Å²) >= 11 is 0. The van der Waals surface area contributed by atoms with Gasteiger partial charge in [-0.15, -0.1) is 0 Å². The predicted octanol–water partition coefficient (Wildman–Crippen LogP) is 2.21. The summed E-state index contributed by atoms with van der Waals surface area (Å²) in [7, 11) is 0. The fraction of sp³-hybridized carbons (Fsp3) is 1.00. The Morgan fingerprint density at radius 1 is 1.25 bits per heavy atom. The highest BCUT2D eigenvalue weighted by molar-refractivity contribution is 4.52. The summed E-state index contributed by atoms with van der Waals surface area (Å²) in [5.41, 5.74) is 0. The summed E-state index contributed by atoms with van der Waals surface area (Å²) in [5.74, 6) is 0.339. The summed E-state index contributed by atoms with van der Waals surface area (Å²) in [6.07, 6.45) is 4.64. The van der Waals surface area contributed by atoms with Crippen LogP contribution in [-0.2, 0) is 4.74 Å². The van der Waals surface area contributed by atoms with E-state index in [1.54, 1.807) is 0 Å². The van der Waals surface area contributed by atoms with E-state index in [1.165, 1.54) is 12.8 Å². The minimum absolute atomic E-state index is 0.254. The van der Waals surface area contributed by atoms with Crippen molar-refractivity contribution in [2.75, 3.05) is 19.8 Å². The highest BCUT2D eigenvalue weighted by Crippen LogP contribution is 2.02. The first kappa shape index (κ1) is 11.9. The summed E-state index contributed by atoms with van der Waals surface area (Å²) in [6, 6.07) is 0. The highest BCUT2D eigenvalue weighted by atomic mass is 16.5. The van der Waals surface area contributed by atoms with E-state index >= 15 is 0 Å². The SMILES string of the molecule is CCCCCOCC(CC)CO. The second kappa shape index (κ2) is 9.01. The molecular weight excluding hydrogens is 152 g/mol. The van der Waals surface area contributed by atoms with E-state index < -0.39 is 0 Å². The second-order valence-electron chi connectivity index (χ2n) is 3.24. The zero-order valence-electron chi connectivity index (χ0n) is 8.38. The van der Waals surface area contributed by atoms with Crippen LogP contribution >= 0.6 is 0 Å². The molecular formula is C10H22O2. The minimum Gasteiger partial charge on any atom is -0.396 e. The van der Waals surface area contributed by atoms with Crippen molar-refractivity contribution in [1.29, 1.82) is 0 Å². The maximum atomic E-state index is 8.85. The summed E-state index contributed by atoms with van der Waals surface area (Å²) < 4.78 is 5.42. The Morgan fingerprint density at radius 2 is 2.00 bits per heavy atom. The smallest absolute Gasteiger partial charge is 0.0516 e. The van der Waals surface area contributed by atoms with Gasteiger partial charge in [0.2, 0.25) is 0 Å². The average Bonchev–Trinajstić information content (AvgIpc) is 2.11. The van der Waals surface area contributed by atoms with Crippen molar-refractivity contribution in [2.24, 2.45) is 5.92 Å². The van der Waals surface area contributed by atoms with Crippen LogP contribution in [0.5, 0.6) is 0 Å². The third-order valence-electron chi connectivity index (χ3n) is 2.08. The molecule has 74 valence electrons. The van der Waals surface area contributed by atoms with Gasteiger partial charge in [-0.05, 0) is 12.8 Å². The fourth-order valence-electron chi connectivity index (χ4n) is 1.00. The molecule has 0 aliphatic rings. The molecule has 0 saturated carbocycles. The Balaban J connectivity index is 3.06. The monoisotopic (exact) mass is 174 g/mol. The maximum Gasteiger partial charge on any atom is 0.0516 e. The molecule has 0 fully saturated rings. The van der Waals surface area contributed by atoms with Crippen LogP contribution in [0.3, 0.4) is 0 Å². The van der Waals surface area contributed by atoms with Crippen LogP contribution in [0.1, 0.15) is 39.5 Å². The van der Waals surface area contributed by atoms with Gasteiger partial charge >= 0.3 is 0 Å². The molecule has 0 aromatic heterocycles. The lowest BCUT2D eigenvalue weighted by Gasteiger charge is -2.11. The minimum atomic E-state index is 0.254. The van der Waals surface area contributed by atoms with Crippen LogP contribution in [0, 0.1) is 5.92 Å². The molecule has 2 heteroatoms. The molecule has 0 saturated heterocycles. The van der Waals surface area contributed by atoms with Crippen molar-refractivity contribution in [2.45, 2.75) is 39.5 Å². The van der Waals surface area contributed by atoms with Crippen LogP contribution in [0.15, 0.2) is 0 Å². The van der Waals surface area contributed by atoms with Gasteiger partial charge in [-0.3, -0.25) is 0 Å². The number of ether oxygens (including phenoxy) is 1. The molecule has 0 aliphatic carbocycles. The lowest BCUT2D eigenvalue weighted by atomic mass is 10.1. The molecule has 1 N–H and O–H groups in total. The van der Waals surface area contributed by atoms with Gasteiger partial charge in [0.1, 0.15) is 0 Å². The zero-order chi connectivity index (χ0) is 9.23. The van der Waals surface area contributed by atoms with E-state index in [1.807, 2.05) is 0 Å². The number of hydrogen-bond donors (Lipinski definition) is 1. The average molecular weight is 174 g/mol. The van der Waals surface area contributed by atoms with E-state index in [2.05, 4.69) is 13.8 Å². The van der Waals surface area contributed by atoms with Crippen LogP contribution in [-0.4, -0.2) is 24.9 Å². The van der Waals surface area contributed by atoms with Gasteiger partial charge in [-0.2, -0.15) is 0 Å². The molecule has 0 bridgehead atoms. The van der Waals surface area contributed by atoms with Crippen molar-refractivity contribution in [1.82, 2.24) is 0 Å². The van der Waals surface area contributed by atoms with E-state index in [-0.39, 0.29) is 6.61 Å². The lowest BCUT2D eigenvalue weighted by Crippen LogP contribution is -2.13. The predicted molar refractivity (Wildman–Crippen MR) is 51.2 cm³/mol. The van der Waals surface area contributed by atoms with Crippen molar-refractivity contribution >= 4 is 0 Å². The molecule has 0 amide bonds. The Kier molecular flexibility index (Phi) is 8.95. The molecule has 0 aliphatic heterocycles. The molecule has 2 nitrogen and oxygen atoms in total. The molecule has 0 spiro atoms. The van der Waals surface area contributed by atoms with Crippen LogP contribution in [0.4, 0.5) is 0 Å². The van der Waals surface area contributed by atoms with E-state index in [4.69, 9.17) is 9.84 Å². The molecule has 0 aromatic carbocycles. The highest BCUT2D eigenvalue weighted by Gasteiger charge is 2.03. The van der Waals surface area contributed by atoms with Crippen molar-refractivity contribution in [3.8, 4) is 0 Å². The standard InChI is InChI=1S/C10H22O2/c1-3-5-6-7-12-9-10(4-2)8-11/h10-11H,3-9H2,1-2H3. The molecule has 1 unspecified atom stereocenters. The van der Waals surface area contributed by atoms with Crippen LogP contribution in [0.25, 0.3) is 0 Å². The Labute approximate surface area is 75.9 Å². The van der Waals surface area contributed by atoms with Crippen LogP contribution in [0.2, 0.25) is 0 Å².